The lowest BCUT2D eigenvalue weighted by Gasteiger charge is -2.27. The first kappa shape index (κ1) is 25.4. The highest BCUT2D eigenvalue weighted by Crippen LogP contribution is 2.16. The summed E-state index contributed by atoms with van der Waals surface area (Å²) < 4.78 is 4.69. The molecule has 1 saturated heterocycles. The van der Waals surface area contributed by atoms with Crippen molar-refractivity contribution in [1.82, 2.24) is 20.9 Å². The normalized spacial score (nSPS) is 14.1. The van der Waals surface area contributed by atoms with Gasteiger partial charge in [-0.25, -0.2) is 0 Å². The van der Waals surface area contributed by atoms with Crippen LogP contribution >= 0.6 is 12.4 Å². The lowest BCUT2D eigenvalue weighted by molar-refractivity contribution is -0.141. The number of hydrogen-bond acceptors (Lipinski definition) is 6. The van der Waals surface area contributed by atoms with E-state index >= 15 is 0 Å². The van der Waals surface area contributed by atoms with Crippen molar-refractivity contribution in [2.75, 3.05) is 39.8 Å². The number of hydrogen-bond donors (Lipinski definition) is 3. The number of nitrogens with zero attached hydrogens (tertiary/aromatic N) is 1. The van der Waals surface area contributed by atoms with E-state index in [1.807, 2.05) is 18.2 Å². The Labute approximate surface area is 182 Å². The highest BCUT2D eigenvalue weighted by molar-refractivity contribution is 5.87. The Balaban J connectivity index is 0.00000450. The maximum Gasteiger partial charge on any atom is 0.307 e. The molecule has 0 bridgehead atoms. The lowest BCUT2D eigenvalue weighted by atomic mass is 10.0. The highest BCUT2D eigenvalue weighted by atomic mass is 35.5. The zero-order valence-electron chi connectivity index (χ0n) is 17.0. The number of halogens is 1. The molecule has 9 nitrogen and oxygen atoms in total. The maximum atomic E-state index is 12.2. The number of benzene rings is 1. The molecule has 3 N–H and O–H groups in total. The van der Waals surface area contributed by atoms with Crippen LogP contribution < -0.4 is 16.0 Å². The molecule has 1 aliphatic rings. The predicted octanol–water partition coefficient (Wildman–Crippen LogP) is 0.157. The molecule has 1 aliphatic heterocycles. The minimum Gasteiger partial charge on any atom is -0.469 e. The molecular formula is C20H29ClN4O5. The minimum absolute atomic E-state index is 0. The van der Waals surface area contributed by atoms with E-state index in [1.165, 1.54) is 7.11 Å². The van der Waals surface area contributed by atoms with Crippen molar-refractivity contribution < 1.29 is 23.9 Å². The first-order valence-corrected chi connectivity index (χ1v) is 9.66. The molecule has 1 unspecified atom stereocenters. The fourth-order valence-electron chi connectivity index (χ4n) is 2.99. The molecule has 2 rings (SSSR count). The van der Waals surface area contributed by atoms with Gasteiger partial charge in [-0.3, -0.25) is 19.2 Å². The lowest BCUT2D eigenvalue weighted by Crippen LogP contribution is -2.46. The summed E-state index contributed by atoms with van der Waals surface area (Å²) >= 11 is 0. The van der Waals surface area contributed by atoms with Gasteiger partial charge in [0.2, 0.25) is 17.7 Å². The van der Waals surface area contributed by atoms with Crippen LogP contribution in [-0.2, 0) is 23.9 Å². The van der Waals surface area contributed by atoms with Gasteiger partial charge in [0, 0.05) is 39.0 Å². The summed E-state index contributed by atoms with van der Waals surface area (Å²) in [5, 5.41) is 8.41. The number of piperazine rings is 1. The Kier molecular flexibility index (Phi) is 11.5. The van der Waals surface area contributed by atoms with E-state index in [0.29, 0.717) is 13.1 Å². The quantitative estimate of drug-likeness (QED) is 0.471. The van der Waals surface area contributed by atoms with Gasteiger partial charge in [0.25, 0.3) is 0 Å². The maximum absolute atomic E-state index is 12.2. The Morgan fingerprint density at radius 2 is 1.73 bits per heavy atom. The van der Waals surface area contributed by atoms with Gasteiger partial charge in [-0.2, -0.15) is 0 Å². The summed E-state index contributed by atoms with van der Waals surface area (Å²) in [6.07, 6.45) is 0.127. The fourth-order valence-corrected chi connectivity index (χ4v) is 2.99. The van der Waals surface area contributed by atoms with E-state index < -0.39 is 17.9 Å². The predicted molar refractivity (Wildman–Crippen MR) is 113 cm³/mol. The van der Waals surface area contributed by atoms with Gasteiger partial charge in [0.15, 0.2) is 0 Å². The molecule has 166 valence electrons. The van der Waals surface area contributed by atoms with Crippen LogP contribution in [0.25, 0.3) is 0 Å². The summed E-state index contributed by atoms with van der Waals surface area (Å²) in [6, 6.07) is 8.50. The number of ether oxygens (including phenoxy) is 1. The molecule has 0 radical (unpaired) electrons. The second-order valence-corrected chi connectivity index (χ2v) is 6.72. The molecule has 30 heavy (non-hydrogen) atoms. The Morgan fingerprint density at radius 3 is 2.37 bits per heavy atom. The smallest absolute Gasteiger partial charge is 0.307 e. The Hall–Kier alpha value is -2.65. The van der Waals surface area contributed by atoms with Gasteiger partial charge < -0.3 is 25.6 Å². The summed E-state index contributed by atoms with van der Waals surface area (Å²) in [7, 11) is 1.29. The molecule has 0 aliphatic carbocycles. The van der Waals surface area contributed by atoms with Crippen molar-refractivity contribution in [2.45, 2.75) is 25.3 Å². The molecule has 1 fully saturated rings. The van der Waals surface area contributed by atoms with Crippen LogP contribution in [0, 0.1) is 0 Å². The van der Waals surface area contributed by atoms with Crippen molar-refractivity contribution in [3.05, 3.63) is 35.9 Å². The molecular weight excluding hydrogens is 412 g/mol. The zero-order chi connectivity index (χ0) is 21.1. The average Bonchev–Trinajstić information content (AvgIpc) is 2.76. The van der Waals surface area contributed by atoms with Crippen molar-refractivity contribution in [3.8, 4) is 0 Å². The Morgan fingerprint density at radius 1 is 1.07 bits per heavy atom. The molecule has 3 amide bonds. The second kappa shape index (κ2) is 13.6. The molecule has 10 heteroatoms. The van der Waals surface area contributed by atoms with Crippen LogP contribution in [0.4, 0.5) is 0 Å². The number of nitrogens with one attached hydrogen (secondary N) is 3. The highest BCUT2D eigenvalue weighted by Gasteiger charge is 2.20. The molecule has 1 aromatic rings. The van der Waals surface area contributed by atoms with Crippen LogP contribution in [0.15, 0.2) is 30.3 Å². The topological polar surface area (TPSA) is 117 Å². The molecule has 0 saturated carbocycles. The number of rotatable bonds is 9. The van der Waals surface area contributed by atoms with Crippen LogP contribution in [0.2, 0.25) is 0 Å². The number of esters is 1. The van der Waals surface area contributed by atoms with E-state index in [1.54, 1.807) is 17.0 Å². The van der Waals surface area contributed by atoms with Gasteiger partial charge in [-0.1, -0.05) is 30.3 Å². The van der Waals surface area contributed by atoms with Gasteiger partial charge in [0.1, 0.15) is 0 Å². The largest absolute Gasteiger partial charge is 0.469 e. The molecule has 1 heterocycles. The van der Waals surface area contributed by atoms with Gasteiger partial charge in [0.05, 0.1) is 26.1 Å². The van der Waals surface area contributed by atoms with Gasteiger partial charge in [-0.15, -0.1) is 12.4 Å². The van der Waals surface area contributed by atoms with Crippen molar-refractivity contribution >= 4 is 36.1 Å². The van der Waals surface area contributed by atoms with Crippen molar-refractivity contribution in [3.63, 3.8) is 0 Å². The summed E-state index contributed by atoms with van der Waals surface area (Å²) in [5.41, 5.74) is 0.763. The van der Waals surface area contributed by atoms with E-state index in [2.05, 4.69) is 20.7 Å². The average molecular weight is 441 g/mol. The molecule has 0 spiro atoms. The third-order valence-corrected chi connectivity index (χ3v) is 4.62. The number of carbonyl (C=O) groups excluding carboxylic acids is 4. The summed E-state index contributed by atoms with van der Waals surface area (Å²) in [5.74, 6) is -1.31. The van der Waals surface area contributed by atoms with E-state index in [-0.39, 0.29) is 50.0 Å². The first-order chi connectivity index (χ1) is 14.0. The zero-order valence-corrected chi connectivity index (χ0v) is 17.8. The summed E-state index contributed by atoms with van der Waals surface area (Å²) in [6.45, 7) is 2.57. The van der Waals surface area contributed by atoms with Crippen LogP contribution in [0.1, 0.15) is 30.9 Å². The van der Waals surface area contributed by atoms with Crippen molar-refractivity contribution in [2.24, 2.45) is 0 Å². The van der Waals surface area contributed by atoms with Crippen LogP contribution in [0.5, 0.6) is 0 Å². The molecule has 1 atom stereocenters. The SMILES string of the molecule is COC(=O)CC(NC(=O)CNC(=O)CCC(=O)N1CCNCC1)c1ccccc1.Cl. The molecule has 1 aromatic carbocycles. The number of amides is 3. The van der Waals surface area contributed by atoms with E-state index in [0.717, 1.165) is 18.7 Å². The third kappa shape index (κ3) is 8.79. The minimum atomic E-state index is -0.553. The van der Waals surface area contributed by atoms with Gasteiger partial charge in [-0.05, 0) is 5.56 Å². The second-order valence-electron chi connectivity index (χ2n) is 6.72. The molecule has 0 aromatic heterocycles. The fraction of sp³-hybridized carbons (Fsp3) is 0.500. The van der Waals surface area contributed by atoms with Crippen molar-refractivity contribution in [1.29, 1.82) is 0 Å². The monoisotopic (exact) mass is 440 g/mol. The Bertz CT molecular complexity index is 710. The van der Waals surface area contributed by atoms with Crippen LogP contribution in [-0.4, -0.2) is 68.4 Å². The standard InChI is InChI=1S/C20H28N4O5.ClH/c1-29-20(28)13-16(15-5-3-2-4-6-15)23-18(26)14-22-17(25)7-8-19(27)24-11-9-21-10-12-24;/h2-6,16,21H,7-14H2,1H3,(H,22,25)(H,23,26);1H. The number of methoxy groups -OCH3 is 1. The van der Waals surface area contributed by atoms with Crippen LogP contribution in [0.3, 0.4) is 0 Å². The van der Waals surface area contributed by atoms with Gasteiger partial charge >= 0.3 is 5.97 Å². The summed E-state index contributed by atoms with van der Waals surface area (Å²) in [4.78, 5) is 49.6. The van der Waals surface area contributed by atoms with E-state index in [9.17, 15) is 19.2 Å². The number of carbonyl (C=O) groups is 4. The third-order valence-electron chi connectivity index (χ3n) is 4.62. The van der Waals surface area contributed by atoms with E-state index in [4.69, 9.17) is 0 Å². The first-order valence-electron chi connectivity index (χ1n) is 9.66.